The third kappa shape index (κ3) is 2.78. The van der Waals surface area contributed by atoms with Crippen LogP contribution in [-0.2, 0) is 9.53 Å². The summed E-state index contributed by atoms with van der Waals surface area (Å²) in [6.45, 7) is 7.71. The van der Waals surface area contributed by atoms with Crippen molar-refractivity contribution in [2.24, 2.45) is 11.1 Å². The fourth-order valence-corrected chi connectivity index (χ4v) is 3.17. The summed E-state index contributed by atoms with van der Waals surface area (Å²) >= 11 is 0. The van der Waals surface area contributed by atoms with Crippen LogP contribution in [0.1, 0.15) is 26.7 Å². The largest absolute Gasteiger partial charge is 0.381 e. The van der Waals surface area contributed by atoms with Gasteiger partial charge < -0.3 is 15.4 Å². The van der Waals surface area contributed by atoms with Gasteiger partial charge in [-0.15, -0.1) is 0 Å². The van der Waals surface area contributed by atoms with E-state index in [4.69, 9.17) is 10.5 Å². The molecule has 110 valence electrons. The Morgan fingerprint density at radius 2 is 1.79 bits per heavy atom. The van der Waals surface area contributed by atoms with E-state index in [9.17, 15) is 4.79 Å². The Bertz CT molecular complexity index is 317. The van der Waals surface area contributed by atoms with E-state index in [1.807, 2.05) is 4.90 Å². The van der Waals surface area contributed by atoms with E-state index < -0.39 is 0 Å². The molecule has 0 saturated carbocycles. The summed E-state index contributed by atoms with van der Waals surface area (Å²) < 4.78 is 5.39. The molecule has 0 spiro atoms. The second kappa shape index (κ2) is 5.77. The third-order valence-electron chi connectivity index (χ3n) is 4.94. The van der Waals surface area contributed by atoms with Crippen LogP contribution in [0.4, 0.5) is 0 Å². The molecule has 2 rings (SSSR count). The van der Waals surface area contributed by atoms with Crippen LogP contribution in [0.15, 0.2) is 0 Å². The molecule has 2 fully saturated rings. The van der Waals surface area contributed by atoms with Crippen molar-refractivity contribution in [3.05, 3.63) is 0 Å². The van der Waals surface area contributed by atoms with Crippen molar-refractivity contribution in [1.82, 2.24) is 9.80 Å². The molecule has 0 aromatic carbocycles. The number of piperazine rings is 1. The lowest BCUT2D eigenvalue weighted by Gasteiger charge is -2.46. The molecule has 0 aromatic rings. The number of ether oxygens (including phenoxy) is 1. The van der Waals surface area contributed by atoms with Crippen LogP contribution in [-0.4, -0.2) is 67.7 Å². The lowest BCUT2D eigenvalue weighted by atomic mass is 9.78. The predicted molar refractivity (Wildman–Crippen MR) is 74.8 cm³/mol. The summed E-state index contributed by atoms with van der Waals surface area (Å²) in [5.41, 5.74) is 5.55. The standard InChI is InChI=1S/C14H27N3O2/c1-11-8-17(9-12(2)16(11)3)13(18)14(10-15)4-6-19-7-5-14/h11-12H,4-10,15H2,1-3H3. The van der Waals surface area contributed by atoms with Gasteiger partial charge in [-0.3, -0.25) is 9.69 Å². The molecule has 0 aromatic heterocycles. The van der Waals surface area contributed by atoms with Crippen LogP contribution in [0.2, 0.25) is 0 Å². The topological polar surface area (TPSA) is 58.8 Å². The van der Waals surface area contributed by atoms with Crippen molar-refractivity contribution in [2.75, 3.05) is 39.9 Å². The Hall–Kier alpha value is -0.650. The average Bonchev–Trinajstić information content (AvgIpc) is 2.44. The van der Waals surface area contributed by atoms with Crippen molar-refractivity contribution in [3.63, 3.8) is 0 Å². The van der Waals surface area contributed by atoms with Crippen LogP contribution in [0.3, 0.4) is 0 Å². The van der Waals surface area contributed by atoms with Crippen LogP contribution in [0.25, 0.3) is 0 Å². The molecule has 2 aliphatic rings. The molecule has 5 nitrogen and oxygen atoms in total. The highest BCUT2D eigenvalue weighted by Crippen LogP contribution is 2.32. The van der Waals surface area contributed by atoms with Crippen molar-refractivity contribution in [3.8, 4) is 0 Å². The zero-order chi connectivity index (χ0) is 14.0. The molecule has 0 bridgehead atoms. The molecule has 1 amide bonds. The number of likely N-dealkylation sites (N-methyl/N-ethyl adjacent to an activating group) is 1. The van der Waals surface area contributed by atoms with Crippen LogP contribution in [0.5, 0.6) is 0 Å². The summed E-state index contributed by atoms with van der Waals surface area (Å²) in [5, 5.41) is 0. The van der Waals surface area contributed by atoms with Crippen LogP contribution in [0, 0.1) is 5.41 Å². The highest BCUT2D eigenvalue weighted by Gasteiger charge is 2.43. The van der Waals surface area contributed by atoms with Gasteiger partial charge in [0.05, 0.1) is 5.41 Å². The molecule has 2 atom stereocenters. The third-order valence-corrected chi connectivity index (χ3v) is 4.94. The van der Waals surface area contributed by atoms with E-state index in [2.05, 4.69) is 25.8 Å². The van der Waals surface area contributed by atoms with Gasteiger partial charge in [0.25, 0.3) is 0 Å². The number of hydrogen-bond acceptors (Lipinski definition) is 4. The number of nitrogens with zero attached hydrogens (tertiary/aromatic N) is 2. The normalized spacial score (nSPS) is 32.3. The van der Waals surface area contributed by atoms with Crippen LogP contribution < -0.4 is 5.73 Å². The summed E-state index contributed by atoms with van der Waals surface area (Å²) in [4.78, 5) is 17.2. The fourth-order valence-electron chi connectivity index (χ4n) is 3.17. The number of hydrogen-bond donors (Lipinski definition) is 1. The number of nitrogens with two attached hydrogens (primary N) is 1. The molecular weight excluding hydrogens is 242 g/mol. The van der Waals surface area contributed by atoms with E-state index in [0.29, 0.717) is 31.8 Å². The monoisotopic (exact) mass is 269 g/mol. The molecule has 0 radical (unpaired) electrons. The smallest absolute Gasteiger partial charge is 0.230 e. The maximum atomic E-state index is 12.9. The molecular formula is C14H27N3O2. The van der Waals surface area contributed by atoms with Gasteiger partial charge >= 0.3 is 0 Å². The highest BCUT2D eigenvalue weighted by atomic mass is 16.5. The maximum Gasteiger partial charge on any atom is 0.230 e. The van der Waals surface area contributed by atoms with Gasteiger partial charge in [-0.25, -0.2) is 0 Å². The summed E-state index contributed by atoms with van der Waals surface area (Å²) in [6.07, 6.45) is 1.52. The molecule has 2 unspecified atom stereocenters. The molecule has 2 saturated heterocycles. The molecule has 2 N–H and O–H groups in total. The zero-order valence-corrected chi connectivity index (χ0v) is 12.4. The van der Waals surface area contributed by atoms with E-state index in [-0.39, 0.29) is 11.3 Å². The van der Waals surface area contributed by atoms with Crippen LogP contribution >= 0.6 is 0 Å². The van der Waals surface area contributed by atoms with Gasteiger partial charge in [0.15, 0.2) is 0 Å². The van der Waals surface area contributed by atoms with E-state index >= 15 is 0 Å². The van der Waals surface area contributed by atoms with Crippen molar-refractivity contribution in [1.29, 1.82) is 0 Å². The average molecular weight is 269 g/mol. The van der Waals surface area contributed by atoms with Crippen molar-refractivity contribution >= 4 is 5.91 Å². The first-order valence-electron chi connectivity index (χ1n) is 7.29. The minimum Gasteiger partial charge on any atom is -0.381 e. The molecule has 0 aliphatic carbocycles. The molecule has 19 heavy (non-hydrogen) atoms. The number of amides is 1. The lowest BCUT2D eigenvalue weighted by molar-refractivity contribution is -0.151. The molecule has 5 heteroatoms. The predicted octanol–water partition coefficient (Wildman–Crippen LogP) is 0.293. The fraction of sp³-hybridized carbons (Fsp3) is 0.929. The Kier molecular flexibility index (Phi) is 4.48. The van der Waals surface area contributed by atoms with Gasteiger partial charge in [-0.1, -0.05) is 0 Å². The minimum absolute atomic E-state index is 0.241. The van der Waals surface area contributed by atoms with Gasteiger partial charge in [0, 0.05) is 44.9 Å². The maximum absolute atomic E-state index is 12.9. The first-order chi connectivity index (χ1) is 9.00. The lowest BCUT2D eigenvalue weighted by Crippen LogP contribution is -2.60. The SMILES string of the molecule is CC1CN(C(=O)C2(CN)CCOCC2)CC(C)N1C. The summed E-state index contributed by atoms with van der Waals surface area (Å²) in [7, 11) is 2.13. The summed E-state index contributed by atoms with van der Waals surface area (Å²) in [6, 6.07) is 0.810. The highest BCUT2D eigenvalue weighted by molar-refractivity contribution is 5.83. The summed E-state index contributed by atoms with van der Waals surface area (Å²) in [5.74, 6) is 0.241. The molecule has 2 heterocycles. The second-order valence-corrected chi connectivity index (χ2v) is 6.17. The van der Waals surface area contributed by atoms with E-state index in [1.165, 1.54) is 0 Å². The first kappa shape index (κ1) is 14.8. The number of carbonyl (C=O) groups is 1. The van der Waals surface area contributed by atoms with Gasteiger partial charge in [0.1, 0.15) is 0 Å². The number of rotatable bonds is 2. The van der Waals surface area contributed by atoms with E-state index in [0.717, 1.165) is 25.9 Å². The Morgan fingerprint density at radius 3 is 2.26 bits per heavy atom. The van der Waals surface area contributed by atoms with Crippen molar-refractivity contribution in [2.45, 2.75) is 38.8 Å². The quantitative estimate of drug-likeness (QED) is 0.783. The Labute approximate surface area is 116 Å². The van der Waals surface area contributed by atoms with Crippen molar-refractivity contribution < 1.29 is 9.53 Å². The first-order valence-corrected chi connectivity index (χ1v) is 7.29. The van der Waals surface area contributed by atoms with Gasteiger partial charge in [-0.05, 0) is 33.7 Å². The second-order valence-electron chi connectivity index (χ2n) is 6.17. The zero-order valence-electron chi connectivity index (χ0n) is 12.4. The number of carbonyl (C=O) groups excluding carboxylic acids is 1. The molecule has 2 aliphatic heterocycles. The van der Waals surface area contributed by atoms with E-state index in [1.54, 1.807) is 0 Å². The minimum atomic E-state index is -0.381. The van der Waals surface area contributed by atoms with Gasteiger partial charge in [-0.2, -0.15) is 0 Å². The van der Waals surface area contributed by atoms with Gasteiger partial charge in [0.2, 0.25) is 5.91 Å². The Morgan fingerprint density at radius 1 is 1.26 bits per heavy atom. The Balaban J connectivity index is 2.09.